The average Bonchev–Trinajstić information content (AvgIpc) is 3.56. The van der Waals surface area contributed by atoms with Crippen LogP contribution in [0.3, 0.4) is 0 Å². The number of hydrogen-bond donors (Lipinski definition) is 1. The van der Waals surface area contributed by atoms with Crippen molar-refractivity contribution in [2.45, 2.75) is 38.0 Å². The number of likely N-dealkylation sites (tertiary alicyclic amines) is 1. The molecule has 1 fully saturated rings. The summed E-state index contributed by atoms with van der Waals surface area (Å²) < 4.78 is 42.6. The SMILES string of the molecule is C=CC(=O)N1C[C@@H](n2nc(C#Cc3ccc4c(c3)nc(C(F)(F)F)n4C)c3c(N)nccc32)C[C@@H]1CC. The maximum atomic E-state index is 13.2. The van der Waals surface area contributed by atoms with Crippen LogP contribution < -0.4 is 5.73 Å². The molecule has 4 aromatic rings. The second kappa shape index (κ2) is 8.96. The lowest BCUT2D eigenvalue weighted by molar-refractivity contribution is -0.146. The van der Waals surface area contributed by atoms with Crippen molar-refractivity contribution in [2.24, 2.45) is 7.05 Å². The number of aryl methyl sites for hydroxylation is 1. The fourth-order valence-corrected chi connectivity index (χ4v) is 4.98. The number of benzene rings is 1. The molecule has 1 aromatic carbocycles. The van der Waals surface area contributed by atoms with Gasteiger partial charge in [0.05, 0.1) is 28.0 Å². The van der Waals surface area contributed by atoms with Crippen molar-refractivity contribution >= 4 is 33.7 Å². The van der Waals surface area contributed by atoms with Crippen LogP contribution in [0.5, 0.6) is 0 Å². The molecule has 1 aliphatic rings. The van der Waals surface area contributed by atoms with Crippen LogP contribution in [0.4, 0.5) is 19.0 Å². The topological polar surface area (TPSA) is 94.9 Å². The van der Waals surface area contributed by atoms with Gasteiger partial charge >= 0.3 is 6.18 Å². The molecule has 0 unspecified atom stereocenters. The predicted octanol–water partition coefficient (Wildman–Crippen LogP) is 4.06. The van der Waals surface area contributed by atoms with Crippen LogP contribution in [0.1, 0.15) is 42.9 Å². The van der Waals surface area contributed by atoms with Crippen molar-refractivity contribution in [2.75, 3.05) is 12.3 Å². The van der Waals surface area contributed by atoms with E-state index in [2.05, 4.69) is 28.4 Å². The first kappa shape index (κ1) is 24.4. The van der Waals surface area contributed by atoms with Crippen LogP contribution in [0, 0.1) is 11.8 Å². The molecule has 1 aliphatic heterocycles. The van der Waals surface area contributed by atoms with E-state index >= 15 is 0 Å². The Kier molecular flexibility index (Phi) is 5.90. The zero-order chi connectivity index (χ0) is 26.5. The summed E-state index contributed by atoms with van der Waals surface area (Å²) in [6.07, 6.45) is -0.114. The van der Waals surface area contributed by atoms with Crippen molar-refractivity contribution in [1.29, 1.82) is 0 Å². The number of carbonyl (C=O) groups excluding carboxylic acids is 1. The summed E-state index contributed by atoms with van der Waals surface area (Å²) in [6, 6.07) is 6.50. The highest BCUT2D eigenvalue weighted by Gasteiger charge is 2.37. The minimum Gasteiger partial charge on any atom is -0.383 e. The first-order chi connectivity index (χ1) is 17.6. The molecule has 2 atom stereocenters. The molecule has 11 heteroatoms. The molecule has 8 nitrogen and oxygen atoms in total. The fraction of sp³-hybridized carbons (Fsp3) is 0.308. The summed E-state index contributed by atoms with van der Waals surface area (Å²) in [5.74, 6) is 5.18. The second-order valence-electron chi connectivity index (χ2n) is 8.98. The molecule has 0 saturated carbocycles. The number of rotatable bonds is 3. The first-order valence-electron chi connectivity index (χ1n) is 11.7. The number of carbonyl (C=O) groups is 1. The second-order valence-corrected chi connectivity index (χ2v) is 8.98. The number of hydrogen-bond acceptors (Lipinski definition) is 5. The van der Waals surface area contributed by atoms with Crippen molar-refractivity contribution < 1.29 is 18.0 Å². The lowest BCUT2D eigenvalue weighted by Gasteiger charge is -2.21. The number of fused-ring (bicyclic) bond motifs is 2. The summed E-state index contributed by atoms with van der Waals surface area (Å²) in [5.41, 5.74) is 8.38. The van der Waals surface area contributed by atoms with Gasteiger partial charge in [-0.2, -0.15) is 18.3 Å². The van der Waals surface area contributed by atoms with Crippen LogP contribution in [0.25, 0.3) is 21.9 Å². The quantitative estimate of drug-likeness (QED) is 0.333. The Morgan fingerprint density at radius 3 is 2.76 bits per heavy atom. The molecule has 3 aromatic heterocycles. The lowest BCUT2D eigenvalue weighted by Crippen LogP contribution is -2.34. The van der Waals surface area contributed by atoms with Crippen LogP contribution in [-0.2, 0) is 18.0 Å². The van der Waals surface area contributed by atoms with Crippen molar-refractivity contribution in [3.05, 3.63) is 60.2 Å². The van der Waals surface area contributed by atoms with E-state index in [-0.39, 0.29) is 29.3 Å². The summed E-state index contributed by atoms with van der Waals surface area (Å²) in [7, 11) is 1.33. The molecule has 0 radical (unpaired) electrons. The van der Waals surface area contributed by atoms with Crippen LogP contribution in [0.2, 0.25) is 0 Å². The molecule has 0 bridgehead atoms. The first-order valence-corrected chi connectivity index (χ1v) is 11.7. The Bertz CT molecular complexity index is 1610. The summed E-state index contributed by atoms with van der Waals surface area (Å²) in [6.45, 7) is 6.12. The molecule has 190 valence electrons. The molecular formula is C26H24F3N7O. The molecule has 0 spiro atoms. The van der Waals surface area contributed by atoms with Crippen LogP contribution in [-0.4, -0.2) is 47.7 Å². The van der Waals surface area contributed by atoms with Gasteiger partial charge in [0, 0.05) is 31.4 Å². The summed E-state index contributed by atoms with van der Waals surface area (Å²) in [5, 5.41) is 5.33. The van der Waals surface area contributed by atoms with Crippen LogP contribution >= 0.6 is 0 Å². The van der Waals surface area contributed by atoms with Gasteiger partial charge in [0.2, 0.25) is 11.7 Å². The Morgan fingerprint density at radius 1 is 1.27 bits per heavy atom. The number of aromatic nitrogens is 5. The monoisotopic (exact) mass is 507 g/mol. The minimum absolute atomic E-state index is 0.0650. The largest absolute Gasteiger partial charge is 0.449 e. The predicted molar refractivity (Wildman–Crippen MR) is 133 cm³/mol. The normalized spacial score (nSPS) is 17.8. The fourth-order valence-electron chi connectivity index (χ4n) is 4.98. The summed E-state index contributed by atoms with van der Waals surface area (Å²) in [4.78, 5) is 22.1. The van der Waals surface area contributed by atoms with Crippen molar-refractivity contribution in [3.63, 3.8) is 0 Å². The highest BCUT2D eigenvalue weighted by molar-refractivity contribution is 5.93. The molecule has 1 saturated heterocycles. The smallest absolute Gasteiger partial charge is 0.383 e. The highest BCUT2D eigenvalue weighted by Crippen LogP contribution is 2.34. The van der Waals surface area contributed by atoms with E-state index in [1.54, 1.807) is 29.3 Å². The number of anilines is 1. The number of amides is 1. The zero-order valence-electron chi connectivity index (χ0n) is 20.3. The number of halogens is 3. The van der Waals surface area contributed by atoms with Crippen molar-refractivity contribution in [3.8, 4) is 11.8 Å². The number of nitrogens with zero attached hydrogens (tertiary/aromatic N) is 6. The Morgan fingerprint density at radius 2 is 2.05 bits per heavy atom. The molecule has 37 heavy (non-hydrogen) atoms. The standard InChI is InChI=1S/C26H24F3N7O/c1-4-16-13-17(14-35(16)22(37)5-2)36-21-10-11-31-24(30)23(21)18(33-36)8-6-15-7-9-20-19(12-15)32-25(34(20)3)26(27,28)29/h5,7,9-12,16-17H,2,4,13-14H2,1,3H3,(H2,30,31)/t16-,17-/m0/s1. The van der Waals surface area contributed by atoms with Crippen molar-refractivity contribution in [1.82, 2.24) is 29.2 Å². The third-order valence-electron chi connectivity index (χ3n) is 6.78. The van der Waals surface area contributed by atoms with E-state index in [4.69, 9.17) is 10.8 Å². The van der Waals surface area contributed by atoms with E-state index in [0.717, 1.165) is 22.9 Å². The average molecular weight is 508 g/mol. The molecule has 5 rings (SSSR count). The van der Waals surface area contributed by atoms with Gasteiger partial charge < -0.3 is 15.2 Å². The minimum atomic E-state index is -4.56. The molecule has 4 heterocycles. The molecule has 0 aliphatic carbocycles. The van der Waals surface area contributed by atoms with E-state index in [9.17, 15) is 18.0 Å². The maximum absolute atomic E-state index is 13.2. The molecule has 2 N–H and O–H groups in total. The zero-order valence-corrected chi connectivity index (χ0v) is 20.3. The van der Waals surface area contributed by atoms with E-state index in [1.165, 1.54) is 19.2 Å². The van der Waals surface area contributed by atoms with E-state index in [1.807, 2.05) is 11.6 Å². The van der Waals surface area contributed by atoms with Gasteiger partial charge in [0.15, 0.2) is 0 Å². The number of nitrogen functional groups attached to an aromatic ring is 1. The Hall–Kier alpha value is -4.33. The van der Waals surface area contributed by atoms with Gasteiger partial charge in [-0.1, -0.05) is 19.4 Å². The van der Waals surface area contributed by atoms with Gasteiger partial charge in [-0.15, -0.1) is 0 Å². The third-order valence-corrected chi connectivity index (χ3v) is 6.78. The number of nitrogens with two attached hydrogens (primary N) is 1. The third kappa shape index (κ3) is 4.18. The lowest BCUT2D eigenvalue weighted by atomic mass is 10.1. The highest BCUT2D eigenvalue weighted by atomic mass is 19.4. The molecular weight excluding hydrogens is 483 g/mol. The van der Waals surface area contributed by atoms with Gasteiger partial charge in [-0.05, 0) is 49.1 Å². The Balaban J connectivity index is 1.54. The van der Waals surface area contributed by atoms with E-state index < -0.39 is 12.0 Å². The van der Waals surface area contributed by atoms with Crippen LogP contribution in [0.15, 0.2) is 43.1 Å². The summed E-state index contributed by atoms with van der Waals surface area (Å²) >= 11 is 0. The number of alkyl halides is 3. The maximum Gasteiger partial charge on any atom is 0.449 e. The Labute approximate surface area is 210 Å². The number of imidazole rings is 1. The van der Waals surface area contributed by atoms with Gasteiger partial charge in [0.1, 0.15) is 11.5 Å². The molecule has 1 amide bonds. The van der Waals surface area contributed by atoms with Gasteiger partial charge in [0.25, 0.3) is 0 Å². The van der Waals surface area contributed by atoms with Gasteiger partial charge in [-0.25, -0.2) is 9.97 Å². The number of pyridine rings is 1. The van der Waals surface area contributed by atoms with Gasteiger partial charge in [-0.3, -0.25) is 9.48 Å². The van der Waals surface area contributed by atoms with E-state index in [0.29, 0.717) is 28.7 Å².